The van der Waals surface area contributed by atoms with Crippen molar-refractivity contribution in [2.45, 2.75) is 107 Å². The van der Waals surface area contributed by atoms with Crippen LogP contribution in [0.3, 0.4) is 0 Å². The Hall–Kier alpha value is -3.66. The van der Waals surface area contributed by atoms with Gasteiger partial charge in [-0.3, -0.25) is 0 Å². The van der Waals surface area contributed by atoms with Gasteiger partial charge in [-0.25, -0.2) is 0 Å². The van der Waals surface area contributed by atoms with E-state index < -0.39 is 18.0 Å². The van der Waals surface area contributed by atoms with E-state index in [1.165, 1.54) is 77.2 Å². The molecule has 0 radical (unpaired) electrons. The molecule has 0 bridgehead atoms. The predicted octanol–water partition coefficient (Wildman–Crippen LogP) is 17.6. The quantitative estimate of drug-likeness (QED) is 0.130. The van der Waals surface area contributed by atoms with E-state index >= 15 is 0 Å². The Balaban J connectivity index is 0.000000177. The van der Waals surface area contributed by atoms with Crippen LogP contribution in [0.4, 0.5) is 0 Å². The van der Waals surface area contributed by atoms with Gasteiger partial charge in [0.2, 0.25) is 0 Å². The van der Waals surface area contributed by atoms with E-state index in [0.29, 0.717) is 0 Å². The van der Waals surface area contributed by atoms with Crippen molar-refractivity contribution < 1.29 is 26.8 Å². The van der Waals surface area contributed by atoms with Crippen LogP contribution in [0, 0.1) is 41.5 Å². The molecule has 0 aliphatic carbocycles. The Kier molecular flexibility index (Phi) is 14.0. The normalized spacial score (nSPS) is 11.7. The van der Waals surface area contributed by atoms with E-state index in [2.05, 4.69) is 179 Å². The average Bonchev–Trinajstić information content (AvgIpc) is 3.98. The fraction of sp³-hybridized carbons (Fsp3) is 0.296. The first-order valence-electron chi connectivity index (χ1n) is 20.9. The molecule has 0 saturated heterocycles. The van der Waals surface area contributed by atoms with Crippen molar-refractivity contribution in [1.82, 2.24) is 0 Å². The zero-order valence-electron chi connectivity index (χ0n) is 38.0. The Morgan fingerprint density at radius 3 is 1.13 bits per heavy atom. The Labute approximate surface area is 374 Å². The van der Waals surface area contributed by atoms with E-state index in [1.54, 1.807) is 0 Å². The number of aryl methyl sites for hydroxylation is 6. The summed E-state index contributed by atoms with van der Waals surface area (Å²) < 4.78 is 11.7. The number of rotatable bonds is 4. The number of fused-ring (bicyclic) bond motifs is 2. The first kappa shape index (κ1) is 45.9. The van der Waals surface area contributed by atoms with Crippen LogP contribution in [0.25, 0.3) is 66.4 Å². The molecule has 2 heterocycles. The third-order valence-corrected chi connectivity index (χ3v) is 31.1. The van der Waals surface area contributed by atoms with Crippen LogP contribution in [-0.2, 0) is 28.8 Å². The van der Waals surface area contributed by atoms with Gasteiger partial charge in [0.15, 0.2) is 0 Å². The Morgan fingerprint density at radius 1 is 0.483 bits per heavy atom. The molecule has 6 heteroatoms. The van der Waals surface area contributed by atoms with E-state index in [1.807, 2.05) is 26.0 Å². The van der Waals surface area contributed by atoms with Gasteiger partial charge in [-0.1, -0.05) is 112 Å². The fourth-order valence-electron chi connectivity index (χ4n) is 7.78. The summed E-state index contributed by atoms with van der Waals surface area (Å²) in [6, 6.07) is 39.9. The molecule has 0 saturated carbocycles. The zero-order valence-corrected chi connectivity index (χ0v) is 42.9. The molecule has 0 aliphatic heterocycles. The monoisotopic (exact) mass is 928 g/mol. The van der Waals surface area contributed by atoms with Gasteiger partial charge < -0.3 is 8.83 Å². The molecule has 2 nitrogen and oxygen atoms in total. The summed E-state index contributed by atoms with van der Waals surface area (Å²) in [6.45, 7) is 30.8. The second kappa shape index (κ2) is 18.4. The molecule has 0 fully saturated rings. The summed E-state index contributed by atoms with van der Waals surface area (Å²) in [5, 5.41) is 5.12. The zero-order chi connectivity index (χ0) is 43.8. The minimum absolute atomic E-state index is 0.162. The van der Waals surface area contributed by atoms with Crippen molar-refractivity contribution in [3.05, 3.63) is 154 Å². The number of halogens is 2. The van der Waals surface area contributed by atoms with Crippen LogP contribution in [-0.4, -0.2) is 5.43 Å². The summed E-state index contributed by atoms with van der Waals surface area (Å²) in [5.41, 5.74) is 15.7. The van der Waals surface area contributed by atoms with Crippen molar-refractivity contribution in [3.63, 3.8) is 0 Å². The van der Waals surface area contributed by atoms with Gasteiger partial charge in [-0.05, 0) is 121 Å². The molecule has 312 valence electrons. The standard InChI is InChI=1S/2C26H27O.C2H6Si.2ClH.Zr/c2*1-16-7-9-19-14-20(24-12-8-18(3)27-24)15-23(19)25(16)22-11-10-21(13-17(22)2)26(4,5)6;1-3-2;;;/h2*7-15H,1-6H3;1-2H3;2*1H;/q2*-1;;;;+2/p-2. The van der Waals surface area contributed by atoms with Crippen molar-refractivity contribution in [3.8, 4) is 44.9 Å². The number of furan rings is 2. The number of hydrogen-bond acceptors (Lipinski definition) is 2. The smallest absolute Gasteiger partial charge is 0.0896 e. The summed E-state index contributed by atoms with van der Waals surface area (Å²) in [5.74, 6) is 3.76. The molecule has 0 amide bonds. The molecule has 8 rings (SSSR count). The molecule has 8 aromatic rings. The van der Waals surface area contributed by atoms with Gasteiger partial charge in [0.1, 0.15) is 0 Å². The first-order chi connectivity index (χ1) is 28.1. The van der Waals surface area contributed by atoms with Gasteiger partial charge in [-0.15, -0.1) is 57.9 Å². The van der Waals surface area contributed by atoms with Gasteiger partial charge in [-0.2, -0.15) is 0 Å². The summed E-state index contributed by atoms with van der Waals surface area (Å²) in [6.07, 6.45) is 0. The SMILES string of the molecule is C[Si](C)=[Zr]([Cl])[Cl].Cc1ccc(-c2cc3c(-c4ccc(C(C)(C)C)cc4C)c(C)ccc3[cH-]2)o1.Cc1ccc(-c2cc3c(-c4ccc(C(C)(C)C)cc4C)c(C)ccc3[cH-]2)o1. The molecule has 0 unspecified atom stereocenters. The average molecular weight is 931 g/mol. The number of benzene rings is 4. The summed E-state index contributed by atoms with van der Waals surface area (Å²) >= 11 is -1.65. The van der Waals surface area contributed by atoms with Gasteiger partial charge in [0, 0.05) is 0 Å². The number of hydrogen-bond donors (Lipinski definition) is 0. The van der Waals surface area contributed by atoms with E-state index in [9.17, 15) is 0 Å². The third kappa shape index (κ3) is 10.3. The topological polar surface area (TPSA) is 26.3 Å². The second-order valence-electron chi connectivity index (χ2n) is 18.6. The van der Waals surface area contributed by atoms with Crippen LogP contribution < -0.4 is 0 Å². The van der Waals surface area contributed by atoms with Gasteiger partial charge in [0.25, 0.3) is 0 Å². The fourth-order valence-corrected chi connectivity index (χ4v) is 7.78. The van der Waals surface area contributed by atoms with Gasteiger partial charge in [0.05, 0.1) is 23.0 Å². The van der Waals surface area contributed by atoms with Crippen molar-refractivity contribution >= 4 is 44.0 Å². The van der Waals surface area contributed by atoms with E-state index in [4.69, 9.17) is 25.9 Å². The van der Waals surface area contributed by atoms with E-state index in [-0.39, 0.29) is 16.3 Å². The molecule has 0 atom stereocenters. The minimum Gasteiger partial charge on any atom is -0.496 e. The largest absolute Gasteiger partial charge is 0.496 e. The maximum Gasteiger partial charge on any atom is 0.0896 e. The molecule has 0 spiro atoms. The van der Waals surface area contributed by atoms with Crippen LogP contribution >= 0.6 is 17.0 Å². The first-order valence-corrected chi connectivity index (χ1v) is 33.4. The molecule has 2 aromatic heterocycles. The molecule has 6 aromatic carbocycles. The van der Waals surface area contributed by atoms with Crippen LogP contribution in [0.1, 0.15) is 86.4 Å². The van der Waals surface area contributed by atoms with Crippen molar-refractivity contribution in [2.24, 2.45) is 0 Å². The third-order valence-electron chi connectivity index (χ3n) is 11.3. The van der Waals surface area contributed by atoms with Gasteiger partial charge >= 0.3 is 53.5 Å². The maximum absolute atomic E-state index is 5.85. The summed E-state index contributed by atoms with van der Waals surface area (Å²) in [4.78, 5) is 0. The van der Waals surface area contributed by atoms with Crippen LogP contribution in [0.5, 0.6) is 0 Å². The molecular weight excluding hydrogens is 871 g/mol. The minimum atomic E-state index is -1.65. The van der Waals surface area contributed by atoms with Crippen molar-refractivity contribution in [1.29, 1.82) is 0 Å². The molecule has 0 aliphatic rings. The van der Waals surface area contributed by atoms with Crippen LogP contribution in [0.2, 0.25) is 13.1 Å². The maximum atomic E-state index is 5.85. The summed E-state index contributed by atoms with van der Waals surface area (Å²) in [7, 11) is 11.2. The Bertz CT molecular complexity index is 2640. The second-order valence-corrected chi connectivity index (χ2v) is 41.6. The predicted molar refractivity (Wildman–Crippen MR) is 260 cm³/mol. The molecule has 60 heavy (non-hydrogen) atoms. The van der Waals surface area contributed by atoms with Crippen molar-refractivity contribution in [2.75, 3.05) is 0 Å². The van der Waals surface area contributed by atoms with Crippen LogP contribution in [0.15, 0.2) is 118 Å². The Morgan fingerprint density at radius 2 is 0.850 bits per heavy atom. The van der Waals surface area contributed by atoms with E-state index in [0.717, 1.165) is 34.2 Å². The molecule has 0 N–H and O–H groups in total. The molecular formula is C54H60Cl2O2SiZr-2.